The molecule has 0 spiro atoms. The molecular weight excluding hydrogens is 455 g/mol. The molecule has 3 amide bonds. The molecule has 1 unspecified atom stereocenters. The summed E-state index contributed by atoms with van der Waals surface area (Å²) in [6.07, 6.45) is -0.849. The van der Waals surface area contributed by atoms with E-state index in [1.54, 1.807) is 0 Å². The number of aromatic nitrogens is 2. The Labute approximate surface area is 172 Å². The summed E-state index contributed by atoms with van der Waals surface area (Å²) in [5.74, 6) is -2.03. The van der Waals surface area contributed by atoms with Crippen molar-refractivity contribution in [2.75, 3.05) is 25.5 Å². The lowest BCUT2D eigenvalue weighted by atomic mass is 10.0. The molecule has 1 atom stereocenters. The van der Waals surface area contributed by atoms with Gasteiger partial charge in [-0.15, -0.1) is 0 Å². The van der Waals surface area contributed by atoms with E-state index in [9.17, 15) is 22.8 Å². The molecule has 2 aliphatic heterocycles. The summed E-state index contributed by atoms with van der Waals surface area (Å²) in [4.78, 5) is 28.0. The first-order chi connectivity index (χ1) is 13.7. The minimum Gasteiger partial charge on any atom is -0.337 e. The van der Waals surface area contributed by atoms with Crippen molar-refractivity contribution in [3.63, 3.8) is 0 Å². The Hall–Kier alpha value is -2.56. The fourth-order valence-corrected chi connectivity index (χ4v) is 3.93. The molecule has 1 aromatic carbocycles. The predicted octanol–water partition coefficient (Wildman–Crippen LogP) is 2.94. The van der Waals surface area contributed by atoms with Gasteiger partial charge in [-0.25, -0.2) is 18.0 Å². The van der Waals surface area contributed by atoms with Crippen LogP contribution in [0.2, 0.25) is 0 Å². The number of urea groups is 1. The Morgan fingerprint density at radius 1 is 1.28 bits per heavy atom. The highest BCUT2D eigenvalue weighted by atomic mass is 79.9. The molecule has 0 bridgehead atoms. The zero-order valence-electron chi connectivity index (χ0n) is 15.4. The Balaban J connectivity index is 1.58. The minimum absolute atomic E-state index is 0.0199. The first-order valence-corrected chi connectivity index (χ1v) is 9.72. The number of nitrogens with one attached hydrogen (secondary N) is 1. The highest BCUT2D eigenvalue weighted by molar-refractivity contribution is 9.10. The van der Waals surface area contributed by atoms with Gasteiger partial charge >= 0.3 is 6.03 Å². The van der Waals surface area contributed by atoms with Gasteiger partial charge in [0.15, 0.2) is 0 Å². The van der Waals surface area contributed by atoms with E-state index in [1.807, 2.05) is 0 Å². The second kappa shape index (κ2) is 7.36. The molecule has 0 saturated heterocycles. The summed E-state index contributed by atoms with van der Waals surface area (Å²) in [6.45, 7) is 0.318. The normalized spacial score (nSPS) is 18.9. The molecule has 2 aliphatic rings. The number of rotatable bonds is 1. The van der Waals surface area contributed by atoms with Gasteiger partial charge in [-0.05, 0) is 22.0 Å². The Morgan fingerprint density at radius 2 is 2.03 bits per heavy atom. The highest BCUT2D eigenvalue weighted by Gasteiger charge is 2.34. The van der Waals surface area contributed by atoms with Crippen LogP contribution in [-0.2, 0) is 19.5 Å². The first-order valence-electron chi connectivity index (χ1n) is 8.93. The lowest BCUT2D eigenvalue weighted by Gasteiger charge is -2.27. The Kier molecular flexibility index (Phi) is 5.01. The van der Waals surface area contributed by atoms with Gasteiger partial charge < -0.3 is 15.1 Å². The van der Waals surface area contributed by atoms with E-state index in [-0.39, 0.29) is 41.4 Å². The quantitative estimate of drug-likeness (QED) is 0.650. The van der Waals surface area contributed by atoms with Crippen LogP contribution in [0.4, 0.5) is 23.7 Å². The van der Waals surface area contributed by atoms with Crippen molar-refractivity contribution in [2.45, 2.75) is 25.7 Å². The summed E-state index contributed by atoms with van der Waals surface area (Å²) in [5, 5.41) is 6.79. The third-order valence-electron chi connectivity index (χ3n) is 5.03. The molecular formula is C18H17BrF3N5O2. The Morgan fingerprint density at radius 3 is 2.79 bits per heavy atom. The lowest BCUT2D eigenvalue weighted by Crippen LogP contribution is -2.40. The number of fused-ring (bicyclic) bond motifs is 3. The number of carbonyl (C=O) groups is 2. The molecule has 11 heteroatoms. The lowest BCUT2D eigenvalue weighted by molar-refractivity contribution is 0.0767. The van der Waals surface area contributed by atoms with Crippen LogP contribution in [0, 0.1) is 11.6 Å². The second-order valence-corrected chi connectivity index (χ2v) is 7.94. The Bertz CT molecular complexity index is 1010. The van der Waals surface area contributed by atoms with Crippen LogP contribution in [0.1, 0.15) is 21.7 Å². The van der Waals surface area contributed by atoms with Gasteiger partial charge in [0.05, 0.1) is 35.5 Å². The minimum atomic E-state index is -1.23. The van der Waals surface area contributed by atoms with Gasteiger partial charge in [0.25, 0.3) is 5.91 Å². The van der Waals surface area contributed by atoms with E-state index < -0.39 is 23.8 Å². The summed E-state index contributed by atoms with van der Waals surface area (Å²) >= 11 is 2.96. The maximum atomic E-state index is 14.1. The van der Waals surface area contributed by atoms with E-state index >= 15 is 0 Å². The molecule has 1 N–H and O–H groups in total. The maximum Gasteiger partial charge on any atom is 0.322 e. The van der Waals surface area contributed by atoms with Crippen molar-refractivity contribution in [3.8, 4) is 0 Å². The van der Waals surface area contributed by atoms with Gasteiger partial charge in [-0.1, -0.05) is 0 Å². The maximum absolute atomic E-state index is 14.1. The molecule has 4 rings (SSSR count). The van der Waals surface area contributed by atoms with Crippen LogP contribution in [0.3, 0.4) is 0 Å². The summed E-state index contributed by atoms with van der Waals surface area (Å²) in [6, 6.07) is 1.22. The van der Waals surface area contributed by atoms with E-state index in [0.29, 0.717) is 30.3 Å². The number of halogens is 4. The summed E-state index contributed by atoms with van der Waals surface area (Å²) < 4.78 is 42.8. The number of amides is 3. The van der Waals surface area contributed by atoms with Gasteiger partial charge in [-0.3, -0.25) is 9.48 Å². The van der Waals surface area contributed by atoms with Crippen molar-refractivity contribution in [1.82, 2.24) is 19.6 Å². The zero-order valence-corrected chi connectivity index (χ0v) is 17.0. The van der Waals surface area contributed by atoms with Gasteiger partial charge in [-0.2, -0.15) is 5.10 Å². The fourth-order valence-electron chi connectivity index (χ4n) is 3.59. The van der Waals surface area contributed by atoms with Crippen LogP contribution in [-0.4, -0.2) is 57.8 Å². The van der Waals surface area contributed by atoms with Crippen molar-refractivity contribution >= 4 is 33.6 Å². The van der Waals surface area contributed by atoms with Crippen LogP contribution >= 0.6 is 15.9 Å². The van der Waals surface area contributed by atoms with Gasteiger partial charge in [0.1, 0.15) is 23.5 Å². The average molecular weight is 472 g/mol. The van der Waals surface area contributed by atoms with Crippen molar-refractivity contribution in [2.24, 2.45) is 0 Å². The smallest absolute Gasteiger partial charge is 0.322 e. The molecule has 154 valence electrons. The van der Waals surface area contributed by atoms with Crippen LogP contribution in [0.15, 0.2) is 16.6 Å². The molecule has 0 aliphatic carbocycles. The van der Waals surface area contributed by atoms with Crippen LogP contribution in [0.25, 0.3) is 0 Å². The molecule has 2 aromatic rings. The molecule has 29 heavy (non-hydrogen) atoms. The van der Waals surface area contributed by atoms with E-state index in [0.717, 1.165) is 6.07 Å². The van der Waals surface area contributed by atoms with Crippen LogP contribution < -0.4 is 5.32 Å². The zero-order chi connectivity index (χ0) is 20.9. The summed E-state index contributed by atoms with van der Waals surface area (Å²) in [5.41, 5.74) is 1.32. The van der Waals surface area contributed by atoms with Crippen LogP contribution in [0.5, 0.6) is 0 Å². The molecule has 3 heterocycles. The third-order valence-corrected chi connectivity index (χ3v) is 5.64. The molecule has 1 aromatic heterocycles. The van der Waals surface area contributed by atoms with Crippen molar-refractivity contribution < 1.29 is 22.8 Å². The summed E-state index contributed by atoms with van der Waals surface area (Å²) in [7, 11) is 1.52. The molecule has 0 saturated carbocycles. The average Bonchev–Trinajstić information content (AvgIpc) is 2.96. The van der Waals surface area contributed by atoms with Crippen molar-refractivity contribution in [3.05, 3.63) is 45.2 Å². The van der Waals surface area contributed by atoms with E-state index in [4.69, 9.17) is 0 Å². The fraction of sp³-hybridized carbons (Fsp3) is 0.389. The van der Waals surface area contributed by atoms with Gasteiger partial charge in [0.2, 0.25) is 0 Å². The van der Waals surface area contributed by atoms with E-state index in [1.165, 1.54) is 21.5 Å². The highest BCUT2D eigenvalue weighted by Crippen LogP contribution is 2.28. The third kappa shape index (κ3) is 3.59. The number of benzene rings is 1. The molecule has 7 nitrogen and oxygen atoms in total. The van der Waals surface area contributed by atoms with Gasteiger partial charge in [0, 0.05) is 31.6 Å². The number of nitrogens with zero attached hydrogens (tertiary/aromatic N) is 4. The molecule has 0 radical (unpaired) electrons. The number of hydrogen-bond donors (Lipinski definition) is 1. The number of hydrogen-bond acceptors (Lipinski definition) is 3. The predicted molar refractivity (Wildman–Crippen MR) is 101 cm³/mol. The second-order valence-electron chi connectivity index (χ2n) is 7.09. The number of anilines is 1. The first kappa shape index (κ1) is 19.7. The topological polar surface area (TPSA) is 70.5 Å². The number of carbonyl (C=O) groups excluding carboxylic acids is 2. The SMILES string of the molecule is CN1CC(F)Cn2nc3c(c2C1=O)CN(C(=O)Nc1cc(Br)c(F)cc1F)CC3. The van der Waals surface area contributed by atoms with Crippen molar-refractivity contribution in [1.29, 1.82) is 0 Å². The standard InChI is InChI=1S/C18H17BrF3N5O2/c1-25-6-9(20)7-27-16(17(25)28)10-8-26(3-2-14(10)24-27)18(29)23-15-4-11(19)12(21)5-13(15)22/h4-5,9H,2-3,6-8H2,1H3,(H,23,29). The molecule has 0 fully saturated rings. The van der Waals surface area contributed by atoms with E-state index in [2.05, 4.69) is 26.3 Å². The largest absolute Gasteiger partial charge is 0.337 e. The monoisotopic (exact) mass is 471 g/mol. The number of alkyl halides is 1.